The lowest BCUT2D eigenvalue weighted by Gasteiger charge is -2.17. The fourth-order valence-electron chi connectivity index (χ4n) is 2.08. The lowest BCUT2D eigenvalue weighted by atomic mass is 9.93. The quantitative estimate of drug-likeness (QED) is 0.723. The highest BCUT2D eigenvalue weighted by molar-refractivity contribution is 7.17. The van der Waals surface area contributed by atoms with Crippen molar-refractivity contribution in [2.24, 2.45) is 5.73 Å². The average Bonchev–Trinajstić information content (AvgIpc) is 2.53. The third-order valence-corrected chi connectivity index (χ3v) is 3.95. The molecule has 1 aliphatic carbocycles. The second-order valence-corrected chi connectivity index (χ2v) is 5.26. The van der Waals surface area contributed by atoms with E-state index in [0.717, 1.165) is 10.4 Å². The summed E-state index contributed by atoms with van der Waals surface area (Å²) in [6, 6.07) is 0. The zero-order valence-corrected chi connectivity index (χ0v) is 10.3. The van der Waals surface area contributed by atoms with E-state index in [9.17, 15) is 14.7 Å². The Balaban J connectivity index is 2.46. The van der Waals surface area contributed by atoms with Gasteiger partial charge in [-0.2, -0.15) is 0 Å². The van der Waals surface area contributed by atoms with Crippen LogP contribution in [-0.2, 0) is 17.6 Å². The molecular formula is C11H14N2O3S. The number of hydrogen-bond donors (Lipinski definition) is 3. The smallest absolute Gasteiger partial charge is 0.251 e. The maximum atomic E-state index is 11.4. The minimum Gasteiger partial charge on any atom is -0.393 e. The number of rotatable bonds is 2. The van der Waals surface area contributed by atoms with Gasteiger partial charge in [0.25, 0.3) is 5.91 Å². The van der Waals surface area contributed by atoms with Crippen molar-refractivity contribution < 1.29 is 14.7 Å². The molecule has 0 fully saturated rings. The van der Waals surface area contributed by atoms with Crippen molar-refractivity contribution in [3.8, 4) is 0 Å². The summed E-state index contributed by atoms with van der Waals surface area (Å²) in [4.78, 5) is 23.4. The second kappa shape index (κ2) is 4.46. The molecule has 92 valence electrons. The molecule has 2 amide bonds. The largest absolute Gasteiger partial charge is 0.393 e. The number of nitrogens with one attached hydrogen (secondary N) is 1. The van der Waals surface area contributed by atoms with Crippen LogP contribution in [0.1, 0.15) is 34.1 Å². The molecule has 0 unspecified atom stereocenters. The molecule has 0 saturated heterocycles. The molecule has 4 N–H and O–H groups in total. The Morgan fingerprint density at radius 1 is 1.53 bits per heavy atom. The van der Waals surface area contributed by atoms with Gasteiger partial charge in [-0.15, -0.1) is 11.3 Å². The van der Waals surface area contributed by atoms with Crippen molar-refractivity contribution in [3.63, 3.8) is 0 Å². The number of carbonyl (C=O) groups excluding carboxylic acids is 2. The van der Waals surface area contributed by atoms with E-state index >= 15 is 0 Å². The lowest BCUT2D eigenvalue weighted by Crippen LogP contribution is -2.21. The van der Waals surface area contributed by atoms with E-state index in [-0.39, 0.29) is 12.0 Å². The third-order valence-electron chi connectivity index (χ3n) is 2.78. The standard InChI is InChI=1S/C11H14N2O3S/c1-5(14)13-11-9(10(12)16)7-3-2-6(15)4-8(7)17-11/h6,15H,2-4H2,1H3,(H2,12,16)(H,13,14)/t6-/m0/s1. The first kappa shape index (κ1) is 12.1. The highest BCUT2D eigenvalue weighted by atomic mass is 32.1. The van der Waals surface area contributed by atoms with Crippen LogP contribution in [0.15, 0.2) is 0 Å². The number of fused-ring (bicyclic) bond motifs is 1. The Morgan fingerprint density at radius 2 is 2.24 bits per heavy atom. The van der Waals surface area contributed by atoms with Crippen molar-refractivity contribution in [3.05, 3.63) is 16.0 Å². The summed E-state index contributed by atoms with van der Waals surface area (Å²) < 4.78 is 0. The van der Waals surface area contributed by atoms with Crippen molar-refractivity contribution in [2.45, 2.75) is 32.3 Å². The summed E-state index contributed by atoms with van der Waals surface area (Å²) >= 11 is 1.33. The van der Waals surface area contributed by atoms with Gasteiger partial charge in [0.05, 0.1) is 11.7 Å². The van der Waals surface area contributed by atoms with Gasteiger partial charge in [0, 0.05) is 18.2 Å². The second-order valence-electron chi connectivity index (χ2n) is 4.15. The topological polar surface area (TPSA) is 92.4 Å². The Bertz CT molecular complexity index is 481. The molecule has 6 heteroatoms. The number of primary amides is 1. The third kappa shape index (κ3) is 2.32. The lowest BCUT2D eigenvalue weighted by molar-refractivity contribution is -0.114. The zero-order chi connectivity index (χ0) is 12.6. The minimum atomic E-state index is -0.525. The monoisotopic (exact) mass is 254 g/mol. The molecule has 1 atom stereocenters. The fourth-order valence-corrected chi connectivity index (χ4v) is 3.45. The Kier molecular flexibility index (Phi) is 3.17. The Morgan fingerprint density at radius 3 is 2.82 bits per heavy atom. The average molecular weight is 254 g/mol. The van der Waals surface area contributed by atoms with E-state index < -0.39 is 5.91 Å². The molecule has 0 saturated carbocycles. The molecule has 0 aromatic carbocycles. The normalized spacial score (nSPS) is 18.6. The fraction of sp³-hybridized carbons (Fsp3) is 0.455. The summed E-state index contributed by atoms with van der Waals surface area (Å²) in [6.45, 7) is 1.39. The SMILES string of the molecule is CC(=O)Nc1sc2c(c1C(N)=O)CC[C@H](O)C2. The Labute approximate surface area is 103 Å². The number of anilines is 1. The number of aliphatic hydroxyl groups excluding tert-OH is 1. The van der Waals surface area contributed by atoms with Gasteiger partial charge in [-0.25, -0.2) is 0 Å². The number of hydrogen-bond acceptors (Lipinski definition) is 4. The number of nitrogens with two attached hydrogens (primary N) is 1. The summed E-state index contributed by atoms with van der Waals surface area (Å²) in [5.74, 6) is -0.755. The molecule has 1 aromatic heterocycles. The molecule has 1 aliphatic rings. The maximum absolute atomic E-state index is 11.4. The molecular weight excluding hydrogens is 240 g/mol. The predicted octanol–water partition coefficient (Wildman–Crippen LogP) is 0.655. The summed E-state index contributed by atoms with van der Waals surface area (Å²) in [5, 5.41) is 12.7. The molecule has 1 aromatic rings. The number of amides is 2. The number of carbonyl (C=O) groups is 2. The van der Waals surface area contributed by atoms with Crippen molar-refractivity contribution in [2.75, 3.05) is 5.32 Å². The first-order chi connectivity index (χ1) is 7.99. The van der Waals surface area contributed by atoms with Gasteiger partial charge in [-0.1, -0.05) is 0 Å². The van der Waals surface area contributed by atoms with Crippen LogP contribution in [0, 0.1) is 0 Å². The van der Waals surface area contributed by atoms with Gasteiger partial charge in [0.15, 0.2) is 0 Å². The molecule has 1 heterocycles. The van der Waals surface area contributed by atoms with Crippen molar-refractivity contribution in [1.29, 1.82) is 0 Å². The van der Waals surface area contributed by atoms with Crippen LogP contribution in [0.5, 0.6) is 0 Å². The van der Waals surface area contributed by atoms with E-state index in [2.05, 4.69) is 5.32 Å². The van der Waals surface area contributed by atoms with E-state index in [1.165, 1.54) is 18.3 Å². The maximum Gasteiger partial charge on any atom is 0.251 e. The highest BCUT2D eigenvalue weighted by Crippen LogP contribution is 2.37. The zero-order valence-electron chi connectivity index (χ0n) is 9.45. The van der Waals surface area contributed by atoms with E-state index in [0.29, 0.717) is 29.8 Å². The van der Waals surface area contributed by atoms with Crippen LogP contribution < -0.4 is 11.1 Å². The van der Waals surface area contributed by atoms with Crippen LogP contribution in [0.25, 0.3) is 0 Å². The summed E-state index contributed by atoms with van der Waals surface area (Å²) in [7, 11) is 0. The number of thiophene rings is 1. The highest BCUT2D eigenvalue weighted by Gasteiger charge is 2.27. The van der Waals surface area contributed by atoms with Gasteiger partial charge in [-0.3, -0.25) is 9.59 Å². The van der Waals surface area contributed by atoms with Gasteiger partial charge < -0.3 is 16.2 Å². The molecule has 0 bridgehead atoms. The van der Waals surface area contributed by atoms with E-state index in [4.69, 9.17) is 5.73 Å². The summed E-state index contributed by atoms with van der Waals surface area (Å²) in [5.41, 5.74) is 6.64. The predicted molar refractivity (Wildman–Crippen MR) is 65.2 cm³/mol. The Hall–Kier alpha value is -1.40. The minimum absolute atomic E-state index is 0.230. The van der Waals surface area contributed by atoms with Crippen LogP contribution >= 0.6 is 11.3 Å². The van der Waals surface area contributed by atoms with E-state index in [1.807, 2.05) is 0 Å². The van der Waals surface area contributed by atoms with Crippen molar-refractivity contribution in [1.82, 2.24) is 0 Å². The van der Waals surface area contributed by atoms with Crippen LogP contribution in [0.3, 0.4) is 0 Å². The molecule has 17 heavy (non-hydrogen) atoms. The molecule has 5 nitrogen and oxygen atoms in total. The number of aliphatic hydroxyl groups is 1. The first-order valence-electron chi connectivity index (χ1n) is 5.39. The molecule has 0 aliphatic heterocycles. The van der Waals surface area contributed by atoms with E-state index in [1.54, 1.807) is 0 Å². The van der Waals surface area contributed by atoms with Gasteiger partial charge in [-0.05, 0) is 18.4 Å². The molecule has 2 rings (SSSR count). The first-order valence-corrected chi connectivity index (χ1v) is 6.20. The van der Waals surface area contributed by atoms with Crippen LogP contribution in [0.2, 0.25) is 0 Å². The van der Waals surface area contributed by atoms with Crippen LogP contribution in [-0.4, -0.2) is 23.0 Å². The molecule has 0 spiro atoms. The molecule has 0 radical (unpaired) electrons. The van der Waals surface area contributed by atoms with Crippen molar-refractivity contribution >= 4 is 28.2 Å². The van der Waals surface area contributed by atoms with Gasteiger partial charge >= 0.3 is 0 Å². The van der Waals surface area contributed by atoms with Crippen LogP contribution in [0.4, 0.5) is 5.00 Å². The van der Waals surface area contributed by atoms with Gasteiger partial charge in [0.2, 0.25) is 5.91 Å². The summed E-state index contributed by atoms with van der Waals surface area (Å²) in [6.07, 6.45) is 1.42. The van der Waals surface area contributed by atoms with Gasteiger partial charge in [0.1, 0.15) is 5.00 Å².